The maximum atomic E-state index is 5.06. The Labute approximate surface area is 52.0 Å². The SMILES string of the molecule is [CH2]CC[CH]OCCC. The van der Waals surface area contributed by atoms with Crippen LogP contribution in [0.5, 0.6) is 0 Å². The van der Waals surface area contributed by atoms with Crippen LogP contribution in [-0.4, -0.2) is 6.61 Å². The molecule has 0 saturated heterocycles. The van der Waals surface area contributed by atoms with Gasteiger partial charge in [-0.15, -0.1) is 0 Å². The lowest BCUT2D eigenvalue weighted by atomic mass is 10.4. The van der Waals surface area contributed by atoms with Gasteiger partial charge >= 0.3 is 0 Å². The molecule has 8 heavy (non-hydrogen) atoms. The number of hydrogen-bond acceptors (Lipinski definition) is 1. The fourth-order valence-corrected chi connectivity index (χ4v) is 0.368. The minimum atomic E-state index is 0.847. The molecule has 0 aliphatic rings. The van der Waals surface area contributed by atoms with Gasteiger partial charge in [0.2, 0.25) is 0 Å². The molecule has 0 N–H and O–H groups in total. The Morgan fingerprint density at radius 2 is 2.38 bits per heavy atom. The van der Waals surface area contributed by atoms with E-state index in [9.17, 15) is 0 Å². The summed E-state index contributed by atoms with van der Waals surface area (Å²) in [6.45, 7) is 8.44. The molecule has 0 atom stereocenters. The third-order valence-electron chi connectivity index (χ3n) is 0.762. The minimum absolute atomic E-state index is 0.847. The first kappa shape index (κ1) is 7.96. The van der Waals surface area contributed by atoms with Crippen molar-refractivity contribution < 1.29 is 4.74 Å². The van der Waals surface area contributed by atoms with Gasteiger partial charge in [-0.2, -0.15) is 0 Å². The van der Waals surface area contributed by atoms with Gasteiger partial charge in [0.1, 0.15) is 0 Å². The number of hydrogen-bond donors (Lipinski definition) is 0. The molecule has 0 aromatic carbocycles. The van der Waals surface area contributed by atoms with Crippen LogP contribution in [0.15, 0.2) is 0 Å². The predicted molar refractivity (Wildman–Crippen MR) is 35.1 cm³/mol. The molecule has 0 unspecified atom stereocenters. The molecule has 0 aliphatic carbocycles. The van der Waals surface area contributed by atoms with Crippen molar-refractivity contribution in [3.8, 4) is 0 Å². The molecule has 0 aliphatic heterocycles. The predicted octanol–water partition coefficient (Wildman–Crippen LogP) is 2.19. The van der Waals surface area contributed by atoms with Crippen LogP contribution in [0.25, 0.3) is 0 Å². The Morgan fingerprint density at radius 3 is 2.88 bits per heavy atom. The number of unbranched alkanes of at least 4 members (excludes halogenated alkanes) is 1. The summed E-state index contributed by atoms with van der Waals surface area (Å²) in [5.41, 5.74) is 0. The number of ether oxygens (including phenoxy) is 1. The summed E-state index contributed by atoms with van der Waals surface area (Å²) in [6, 6.07) is 0. The second-order valence-corrected chi connectivity index (χ2v) is 1.68. The second-order valence-electron chi connectivity index (χ2n) is 1.68. The summed E-state index contributed by atoms with van der Waals surface area (Å²) < 4.78 is 5.06. The highest BCUT2D eigenvalue weighted by Crippen LogP contribution is 1.93. The van der Waals surface area contributed by atoms with Gasteiger partial charge in [0.15, 0.2) is 0 Å². The van der Waals surface area contributed by atoms with E-state index < -0.39 is 0 Å². The van der Waals surface area contributed by atoms with Crippen molar-refractivity contribution in [2.45, 2.75) is 26.2 Å². The molecule has 1 nitrogen and oxygen atoms in total. The van der Waals surface area contributed by atoms with E-state index in [1.54, 1.807) is 0 Å². The average molecular weight is 114 g/mol. The van der Waals surface area contributed by atoms with Gasteiger partial charge in [0, 0.05) is 6.61 Å². The topological polar surface area (TPSA) is 9.23 Å². The zero-order valence-corrected chi connectivity index (χ0v) is 5.52. The van der Waals surface area contributed by atoms with Crippen LogP contribution in [0.2, 0.25) is 0 Å². The molecule has 0 aromatic heterocycles. The van der Waals surface area contributed by atoms with Gasteiger partial charge in [-0.1, -0.05) is 20.3 Å². The molecule has 0 fully saturated rings. The monoisotopic (exact) mass is 114 g/mol. The molecular weight excluding hydrogens is 100 g/mol. The number of rotatable bonds is 5. The Kier molecular flexibility index (Phi) is 6.93. The Balaban J connectivity index is 2.53. The first-order valence-corrected chi connectivity index (χ1v) is 3.14. The van der Waals surface area contributed by atoms with E-state index >= 15 is 0 Å². The zero-order chi connectivity index (χ0) is 6.24. The second kappa shape index (κ2) is 6.96. The highest BCUT2D eigenvalue weighted by atomic mass is 16.5. The smallest absolute Gasteiger partial charge is 0.0836 e. The molecule has 0 bridgehead atoms. The molecule has 0 aromatic rings. The highest BCUT2D eigenvalue weighted by molar-refractivity contribution is 4.50. The zero-order valence-electron chi connectivity index (χ0n) is 5.52. The molecule has 2 radical (unpaired) electrons. The van der Waals surface area contributed by atoms with Crippen LogP contribution in [0.3, 0.4) is 0 Å². The quantitative estimate of drug-likeness (QED) is 0.498. The third kappa shape index (κ3) is 5.96. The van der Waals surface area contributed by atoms with Gasteiger partial charge in [0.05, 0.1) is 6.61 Å². The third-order valence-corrected chi connectivity index (χ3v) is 0.762. The standard InChI is InChI=1S/C7H14O/c1-3-5-7-8-6-4-2/h7H,1,3-6H2,2H3. The molecule has 48 valence electrons. The molecule has 1 heteroatoms. The van der Waals surface area contributed by atoms with E-state index in [1.807, 2.05) is 6.61 Å². The van der Waals surface area contributed by atoms with Crippen molar-refractivity contribution in [3.05, 3.63) is 13.5 Å². The van der Waals surface area contributed by atoms with Crippen LogP contribution >= 0.6 is 0 Å². The largest absolute Gasteiger partial charge is 0.376 e. The minimum Gasteiger partial charge on any atom is -0.376 e. The van der Waals surface area contributed by atoms with Gasteiger partial charge < -0.3 is 4.74 Å². The van der Waals surface area contributed by atoms with Crippen LogP contribution < -0.4 is 0 Å². The molecule has 0 heterocycles. The van der Waals surface area contributed by atoms with Gasteiger partial charge in [-0.3, -0.25) is 0 Å². The van der Waals surface area contributed by atoms with Gasteiger partial charge in [-0.25, -0.2) is 0 Å². The van der Waals surface area contributed by atoms with Crippen molar-refractivity contribution in [3.63, 3.8) is 0 Å². The van der Waals surface area contributed by atoms with E-state index in [4.69, 9.17) is 4.74 Å². The molecule has 0 amide bonds. The fraction of sp³-hybridized carbons (Fsp3) is 0.714. The van der Waals surface area contributed by atoms with Crippen molar-refractivity contribution >= 4 is 0 Å². The first-order valence-electron chi connectivity index (χ1n) is 3.14. The molecule has 0 spiro atoms. The lowest BCUT2D eigenvalue weighted by Gasteiger charge is -1.96. The van der Waals surface area contributed by atoms with Gasteiger partial charge in [0.25, 0.3) is 0 Å². The van der Waals surface area contributed by atoms with E-state index in [2.05, 4.69) is 13.8 Å². The molecule has 0 rings (SSSR count). The van der Waals surface area contributed by atoms with Crippen LogP contribution in [0, 0.1) is 13.5 Å². The fourth-order valence-electron chi connectivity index (χ4n) is 0.368. The normalized spacial score (nSPS) is 9.75. The average Bonchev–Trinajstić information content (AvgIpc) is 1.81. The summed E-state index contributed by atoms with van der Waals surface area (Å²) in [5, 5.41) is 0. The van der Waals surface area contributed by atoms with Crippen LogP contribution in [0.4, 0.5) is 0 Å². The summed E-state index contributed by atoms with van der Waals surface area (Å²) >= 11 is 0. The lowest BCUT2D eigenvalue weighted by Crippen LogP contribution is -1.87. The Morgan fingerprint density at radius 1 is 1.62 bits per heavy atom. The first-order chi connectivity index (χ1) is 3.91. The summed E-state index contributed by atoms with van der Waals surface area (Å²) in [7, 11) is 0. The van der Waals surface area contributed by atoms with Crippen molar-refractivity contribution in [2.75, 3.05) is 6.61 Å². The van der Waals surface area contributed by atoms with Crippen molar-refractivity contribution in [1.82, 2.24) is 0 Å². The van der Waals surface area contributed by atoms with E-state index in [0.717, 1.165) is 25.9 Å². The lowest BCUT2D eigenvalue weighted by molar-refractivity contribution is 0.192. The maximum absolute atomic E-state index is 5.06. The summed E-state index contributed by atoms with van der Waals surface area (Å²) in [6.07, 6.45) is 3.00. The van der Waals surface area contributed by atoms with Gasteiger partial charge in [-0.05, 0) is 12.8 Å². The van der Waals surface area contributed by atoms with Crippen LogP contribution in [0.1, 0.15) is 26.2 Å². The van der Waals surface area contributed by atoms with E-state index in [1.165, 1.54) is 0 Å². The van der Waals surface area contributed by atoms with Crippen molar-refractivity contribution in [2.24, 2.45) is 0 Å². The summed E-state index contributed by atoms with van der Waals surface area (Å²) in [4.78, 5) is 0. The van der Waals surface area contributed by atoms with Crippen LogP contribution in [-0.2, 0) is 4.74 Å². The molecule has 0 saturated carbocycles. The summed E-state index contributed by atoms with van der Waals surface area (Å²) in [5.74, 6) is 0. The highest BCUT2D eigenvalue weighted by Gasteiger charge is 1.82. The van der Waals surface area contributed by atoms with E-state index in [0.29, 0.717) is 0 Å². The Hall–Kier alpha value is -0.0400. The Bertz CT molecular complexity index is 29.4. The molecular formula is C7H14O. The van der Waals surface area contributed by atoms with Crippen molar-refractivity contribution in [1.29, 1.82) is 0 Å². The van der Waals surface area contributed by atoms with E-state index in [-0.39, 0.29) is 0 Å². The maximum Gasteiger partial charge on any atom is 0.0836 e.